The van der Waals surface area contributed by atoms with Crippen LogP contribution in [0.1, 0.15) is 12.1 Å². The van der Waals surface area contributed by atoms with E-state index in [9.17, 15) is 0 Å². The first-order valence-electron chi connectivity index (χ1n) is 7.68. The molecule has 0 radical (unpaired) electrons. The average molecular weight is 307 g/mol. The van der Waals surface area contributed by atoms with Gasteiger partial charge in [-0.1, -0.05) is 17.3 Å². The number of aryl methyl sites for hydroxylation is 1. The van der Waals surface area contributed by atoms with Gasteiger partial charge in [-0.3, -0.25) is 0 Å². The molecule has 0 atom stereocenters. The topological polar surface area (TPSA) is 49.2 Å². The second-order valence-corrected chi connectivity index (χ2v) is 5.44. The van der Waals surface area contributed by atoms with E-state index in [0.29, 0.717) is 6.61 Å². The molecule has 0 spiro atoms. The van der Waals surface area contributed by atoms with Gasteiger partial charge in [-0.15, -0.1) is 5.10 Å². The highest BCUT2D eigenvalue weighted by atomic mass is 16.5. The summed E-state index contributed by atoms with van der Waals surface area (Å²) in [4.78, 5) is 0. The van der Waals surface area contributed by atoms with Gasteiger partial charge in [0.2, 0.25) is 0 Å². The van der Waals surface area contributed by atoms with Crippen molar-refractivity contribution in [3.05, 3.63) is 54.2 Å². The van der Waals surface area contributed by atoms with Crippen LogP contribution in [0.4, 0.5) is 0 Å². The predicted octanol–water partition coefficient (Wildman–Crippen LogP) is 3.27. The normalized spacial score (nSPS) is 13.3. The van der Waals surface area contributed by atoms with Gasteiger partial charge >= 0.3 is 0 Å². The molecule has 3 aromatic rings. The molecule has 5 heteroatoms. The van der Waals surface area contributed by atoms with Crippen LogP contribution in [0, 0.1) is 0 Å². The molecule has 0 aliphatic carbocycles. The second kappa shape index (κ2) is 5.76. The first-order valence-corrected chi connectivity index (χ1v) is 7.68. The summed E-state index contributed by atoms with van der Waals surface area (Å²) in [5, 5.41) is 8.78. The number of rotatable bonds is 2. The van der Waals surface area contributed by atoms with Crippen LogP contribution < -0.4 is 9.47 Å². The van der Waals surface area contributed by atoms with E-state index in [4.69, 9.17) is 9.47 Å². The Labute approximate surface area is 134 Å². The van der Waals surface area contributed by atoms with Gasteiger partial charge in [0.1, 0.15) is 17.2 Å². The monoisotopic (exact) mass is 307 g/mol. The van der Waals surface area contributed by atoms with E-state index >= 15 is 0 Å². The standard InChI is InChI=1S/C18H17N3O2/c1-22-14-10-8-13(9-11-14)21-18-15-5-2-3-7-17(15)23-12-4-6-16(18)19-20-21/h2-3,5,7-11H,4,6,12H2,1H3. The fourth-order valence-corrected chi connectivity index (χ4v) is 2.87. The summed E-state index contributed by atoms with van der Waals surface area (Å²) in [6.45, 7) is 0.700. The van der Waals surface area contributed by atoms with Crippen LogP contribution in [0.3, 0.4) is 0 Å². The van der Waals surface area contributed by atoms with Crippen LogP contribution in [0.25, 0.3) is 16.9 Å². The van der Waals surface area contributed by atoms with Crippen LogP contribution in [-0.2, 0) is 6.42 Å². The number of hydrogen-bond donors (Lipinski definition) is 0. The molecule has 4 rings (SSSR count). The highest BCUT2D eigenvalue weighted by molar-refractivity contribution is 5.71. The Morgan fingerprint density at radius 3 is 2.74 bits per heavy atom. The molecule has 0 saturated carbocycles. The fourth-order valence-electron chi connectivity index (χ4n) is 2.87. The number of aromatic nitrogens is 3. The molecule has 23 heavy (non-hydrogen) atoms. The lowest BCUT2D eigenvalue weighted by Crippen LogP contribution is -2.07. The Bertz CT molecular complexity index is 825. The number of benzene rings is 2. The number of hydrogen-bond acceptors (Lipinski definition) is 4. The van der Waals surface area contributed by atoms with Crippen molar-refractivity contribution < 1.29 is 9.47 Å². The summed E-state index contributed by atoms with van der Waals surface area (Å²) < 4.78 is 13.0. The van der Waals surface area contributed by atoms with Crippen LogP contribution in [0.2, 0.25) is 0 Å². The summed E-state index contributed by atoms with van der Waals surface area (Å²) in [6.07, 6.45) is 1.79. The Morgan fingerprint density at radius 1 is 1.09 bits per heavy atom. The van der Waals surface area contributed by atoms with Crippen LogP contribution in [-0.4, -0.2) is 28.7 Å². The lowest BCUT2D eigenvalue weighted by molar-refractivity contribution is 0.310. The molecule has 1 aliphatic rings. The van der Waals surface area contributed by atoms with Crippen molar-refractivity contribution in [2.75, 3.05) is 13.7 Å². The van der Waals surface area contributed by atoms with E-state index in [1.54, 1.807) is 7.11 Å². The number of fused-ring (bicyclic) bond motifs is 3. The summed E-state index contributed by atoms with van der Waals surface area (Å²) in [6, 6.07) is 15.9. The molecule has 0 unspecified atom stereocenters. The van der Waals surface area contributed by atoms with Gasteiger partial charge in [0.15, 0.2) is 0 Å². The minimum Gasteiger partial charge on any atom is -0.497 e. The Kier molecular flexibility index (Phi) is 3.46. The van der Waals surface area contributed by atoms with Gasteiger partial charge < -0.3 is 9.47 Å². The van der Waals surface area contributed by atoms with E-state index in [0.717, 1.165) is 47.0 Å². The van der Waals surface area contributed by atoms with Gasteiger partial charge in [0.05, 0.1) is 25.1 Å². The van der Waals surface area contributed by atoms with Gasteiger partial charge in [-0.05, 0) is 49.2 Å². The fraction of sp³-hybridized carbons (Fsp3) is 0.222. The first-order chi connectivity index (χ1) is 11.4. The van der Waals surface area contributed by atoms with Gasteiger partial charge in [0, 0.05) is 5.56 Å². The molecule has 5 nitrogen and oxygen atoms in total. The van der Waals surface area contributed by atoms with Crippen molar-refractivity contribution in [1.82, 2.24) is 15.0 Å². The van der Waals surface area contributed by atoms with E-state index in [-0.39, 0.29) is 0 Å². The zero-order valence-corrected chi connectivity index (χ0v) is 12.9. The maximum Gasteiger partial charge on any atom is 0.128 e. The van der Waals surface area contributed by atoms with Crippen molar-refractivity contribution in [3.63, 3.8) is 0 Å². The highest BCUT2D eigenvalue weighted by Crippen LogP contribution is 2.35. The molecule has 0 N–H and O–H groups in total. The zero-order valence-electron chi connectivity index (χ0n) is 12.9. The van der Waals surface area contributed by atoms with Crippen molar-refractivity contribution in [1.29, 1.82) is 0 Å². The molecular weight excluding hydrogens is 290 g/mol. The Morgan fingerprint density at radius 2 is 1.91 bits per heavy atom. The van der Waals surface area contributed by atoms with Crippen LogP contribution >= 0.6 is 0 Å². The van der Waals surface area contributed by atoms with E-state index in [1.807, 2.05) is 47.1 Å². The van der Waals surface area contributed by atoms with E-state index in [2.05, 4.69) is 16.4 Å². The third-order valence-corrected chi connectivity index (χ3v) is 4.01. The molecule has 1 aliphatic heterocycles. The third-order valence-electron chi connectivity index (χ3n) is 4.01. The highest BCUT2D eigenvalue weighted by Gasteiger charge is 2.21. The average Bonchev–Trinajstić information content (AvgIpc) is 3.00. The minimum atomic E-state index is 0.700. The number of nitrogens with zero attached hydrogens (tertiary/aromatic N) is 3. The molecule has 0 saturated heterocycles. The quantitative estimate of drug-likeness (QED) is 0.729. The molecular formula is C18H17N3O2. The first kappa shape index (κ1) is 13.8. The van der Waals surface area contributed by atoms with Crippen LogP contribution in [0.15, 0.2) is 48.5 Å². The largest absolute Gasteiger partial charge is 0.497 e. The van der Waals surface area contributed by atoms with Crippen molar-refractivity contribution in [2.45, 2.75) is 12.8 Å². The van der Waals surface area contributed by atoms with Gasteiger partial charge in [-0.25, -0.2) is 4.68 Å². The Hall–Kier alpha value is -2.82. The number of ether oxygens (including phenoxy) is 2. The molecule has 1 aromatic heterocycles. The van der Waals surface area contributed by atoms with Gasteiger partial charge in [-0.2, -0.15) is 0 Å². The molecule has 0 amide bonds. The maximum absolute atomic E-state index is 5.89. The summed E-state index contributed by atoms with van der Waals surface area (Å²) in [5.74, 6) is 1.70. The zero-order chi connectivity index (χ0) is 15.6. The van der Waals surface area contributed by atoms with E-state index < -0.39 is 0 Å². The lowest BCUT2D eigenvalue weighted by Gasteiger charge is -2.16. The van der Waals surface area contributed by atoms with Crippen molar-refractivity contribution >= 4 is 0 Å². The third kappa shape index (κ3) is 2.44. The number of methoxy groups -OCH3 is 1. The Balaban J connectivity index is 1.89. The molecule has 2 heterocycles. The second-order valence-electron chi connectivity index (χ2n) is 5.44. The summed E-state index contributed by atoms with van der Waals surface area (Å²) >= 11 is 0. The van der Waals surface area contributed by atoms with Gasteiger partial charge in [0.25, 0.3) is 0 Å². The summed E-state index contributed by atoms with van der Waals surface area (Å²) in [5.41, 5.74) is 4.00. The van der Waals surface area contributed by atoms with Crippen LogP contribution in [0.5, 0.6) is 11.5 Å². The smallest absolute Gasteiger partial charge is 0.128 e. The SMILES string of the molecule is COc1ccc(-n2nnc3c2-c2ccccc2OCCC3)cc1. The predicted molar refractivity (Wildman–Crippen MR) is 87.2 cm³/mol. The molecule has 0 fully saturated rings. The molecule has 116 valence electrons. The minimum absolute atomic E-state index is 0.700. The molecule has 0 bridgehead atoms. The summed E-state index contributed by atoms with van der Waals surface area (Å²) in [7, 11) is 1.66. The molecule has 2 aromatic carbocycles. The maximum atomic E-state index is 5.89. The number of para-hydroxylation sites is 1. The van der Waals surface area contributed by atoms with E-state index in [1.165, 1.54) is 0 Å². The van der Waals surface area contributed by atoms with Crippen molar-refractivity contribution in [2.24, 2.45) is 0 Å². The lowest BCUT2D eigenvalue weighted by atomic mass is 10.0. The van der Waals surface area contributed by atoms with Crippen molar-refractivity contribution in [3.8, 4) is 28.4 Å².